The molecule has 1 aromatic heterocycles. The van der Waals surface area contributed by atoms with Gasteiger partial charge in [-0.3, -0.25) is 4.79 Å². The van der Waals surface area contributed by atoms with E-state index in [1.165, 1.54) is 6.07 Å². The van der Waals surface area contributed by atoms with Crippen molar-refractivity contribution in [2.24, 2.45) is 0 Å². The first-order chi connectivity index (χ1) is 12.4. The second-order valence-electron chi connectivity index (χ2n) is 5.59. The second kappa shape index (κ2) is 9.07. The molecule has 0 aliphatic carbocycles. The van der Waals surface area contributed by atoms with E-state index in [0.717, 1.165) is 17.8 Å². The number of hydrogen-bond donors (Lipinski definition) is 2. The molecule has 0 radical (unpaired) electrons. The predicted molar refractivity (Wildman–Crippen MR) is 92.1 cm³/mol. The van der Waals surface area contributed by atoms with Crippen molar-refractivity contribution in [3.8, 4) is 5.75 Å². The maximum Gasteiger partial charge on any atom is 0.417 e. The van der Waals surface area contributed by atoms with E-state index in [1.54, 1.807) is 13.2 Å². The monoisotopic (exact) mass is 367 g/mol. The minimum atomic E-state index is -4.39. The summed E-state index contributed by atoms with van der Waals surface area (Å²) in [5.41, 5.74) is 0.0711. The van der Waals surface area contributed by atoms with E-state index in [-0.39, 0.29) is 12.3 Å². The molecule has 0 saturated heterocycles. The number of methoxy groups -OCH3 is 1. The van der Waals surface area contributed by atoms with Gasteiger partial charge >= 0.3 is 6.18 Å². The molecule has 0 spiro atoms. The molecule has 140 valence electrons. The van der Waals surface area contributed by atoms with Crippen LogP contribution in [0, 0.1) is 0 Å². The highest BCUT2D eigenvalue weighted by Gasteiger charge is 2.30. The number of hydrogen-bond acceptors (Lipinski definition) is 4. The summed E-state index contributed by atoms with van der Waals surface area (Å²) in [6, 6.07) is 9.54. The van der Waals surface area contributed by atoms with Gasteiger partial charge in [0.15, 0.2) is 0 Å². The third kappa shape index (κ3) is 6.27. The lowest BCUT2D eigenvalue weighted by atomic mass is 10.1. The first-order valence-electron chi connectivity index (χ1n) is 8.05. The molecule has 0 saturated carbocycles. The number of nitrogens with one attached hydrogen (secondary N) is 2. The van der Waals surface area contributed by atoms with Gasteiger partial charge in [-0.05, 0) is 36.2 Å². The van der Waals surface area contributed by atoms with Gasteiger partial charge in [0.05, 0.1) is 19.1 Å². The molecule has 0 aliphatic heterocycles. The number of aromatic nitrogens is 1. The molecule has 0 unspecified atom stereocenters. The predicted octanol–water partition coefficient (Wildman–Crippen LogP) is 3.27. The van der Waals surface area contributed by atoms with Crippen LogP contribution in [0.3, 0.4) is 0 Å². The Morgan fingerprint density at radius 1 is 1.19 bits per heavy atom. The van der Waals surface area contributed by atoms with E-state index in [2.05, 4.69) is 15.6 Å². The van der Waals surface area contributed by atoms with E-state index < -0.39 is 11.7 Å². The van der Waals surface area contributed by atoms with Gasteiger partial charge in [0.25, 0.3) is 0 Å². The number of halogens is 3. The second-order valence-corrected chi connectivity index (χ2v) is 5.59. The molecule has 0 fully saturated rings. The molecule has 0 bridgehead atoms. The zero-order chi connectivity index (χ0) is 19.0. The van der Waals surface area contributed by atoms with Gasteiger partial charge in [-0.1, -0.05) is 12.1 Å². The quantitative estimate of drug-likeness (QED) is 0.703. The van der Waals surface area contributed by atoms with Gasteiger partial charge in [0.1, 0.15) is 11.6 Å². The van der Waals surface area contributed by atoms with E-state index in [1.807, 2.05) is 18.2 Å². The summed E-state index contributed by atoms with van der Waals surface area (Å²) in [7, 11) is 1.57. The standard InChI is InChI=1S/C18H20F3N3O2/c1-26-15-5-2-4-13(10-15)11-17(25)23-9-3-8-22-16-7-6-14(12-24-16)18(19,20)21/h2,4-7,10,12H,3,8-9,11H2,1H3,(H,22,24)(H,23,25). The minimum Gasteiger partial charge on any atom is -0.497 e. The number of nitrogens with zero attached hydrogens (tertiary/aromatic N) is 1. The van der Waals surface area contributed by atoms with Gasteiger partial charge in [0, 0.05) is 19.3 Å². The number of alkyl halides is 3. The number of rotatable bonds is 8. The minimum absolute atomic E-state index is 0.106. The van der Waals surface area contributed by atoms with Crippen LogP contribution in [0.15, 0.2) is 42.6 Å². The van der Waals surface area contributed by atoms with Crippen LogP contribution in [0.5, 0.6) is 5.75 Å². The number of benzene rings is 1. The van der Waals surface area contributed by atoms with Gasteiger partial charge in [-0.2, -0.15) is 13.2 Å². The van der Waals surface area contributed by atoms with Crippen LogP contribution in [0.4, 0.5) is 19.0 Å². The largest absolute Gasteiger partial charge is 0.497 e. The van der Waals surface area contributed by atoms with Gasteiger partial charge in [0.2, 0.25) is 5.91 Å². The first-order valence-corrected chi connectivity index (χ1v) is 8.05. The van der Waals surface area contributed by atoms with Gasteiger partial charge < -0.3 is 15.4 Å². The number of carbonyl (C=O) groups excluding carboxylic acids is 1. The third-order valence-corrected chi connectivity index (χ3v) is 3.57. The molecular formula is C18H20F3N3O2. The number of pyridine rings is 1. The molecule has 1 aromatic carbocycles. The van der Waals surface area contributed by atoms with Crippen LogP contribution in [0.2, 0.25) is 0 Å². The molecule has 2 rings (SSSR count). The van der Waals surface area contributed by atoms with Crippen molar-refractivity contribution in [1.29, 1.82) is 0 Å². The summed E-state index contributed by atoms with van der Waals surface area (Å²) in [4.78, 5) is 15.6. The third-order valence-electron chi connectivity index (χ3n) is 3.57. The lowest BCUT2D eigenvalue weighted by Gasteiger charge is -2.09. The summed E-state index contributed by atoms with van der Waals surface area (Å²) in [5, 5.41) is 5.71. The Morgan fingerprint density at radius 2 is 2.00 bits per heavy atom. The van der Waals surface area contributed by atoms with Crippen molar-refractivity contribution in [2.45, 2.75) is 19.0 Å². The lowest BCUT2D eigenvalue weighted by Crippen LogP contribution is -2.27. The van der Waals surface area contributed by atoms with Crippen LogP contribution in [0.25, 0.3) is 0 Å². The molecule has 0 atom stereocenters. The van der Waals surface area contributed by atoms with Crippen LogP contribution < -0.4 is 15.4 Å². The van der Waals surface area contributed by atoms with E-state index >= 15 is 0 Å². The maximum absolute atomic E-state index is 12.4. The van der Waals surface area contributed by atoms with Gasteiger partial charge in [-0.25, -0.2) is 4.98 Å². The Balaban J connectivity index is 1.66. The zero-order valence-corrected chi connectivity index (χ0v) is 14.3. The summed E-state index contributed by atoms with van der Waals surface area (Å²) < 4.78 is 42.4. The summed E-state index contributed by atoms with van der Waals surface area (Å²) in [6.45, 7) is 0.939. The number of anilines is 1. The average molecular weight is 367 g/mol. The van der Waals surface area contributed by atoms with Gasteiger partial charge in [-0.15, -0.1) is 0 Å². The number of carbonyl (C=O) groups is 1. The molecule has 0 aliphatic rings. The summed E-state index contributed by atoms with van der Waals surface area (Å²) >= 11 is 0. The van der Waals surface area contributed by atoms with Crippen molar-refractivity contribution in [3.63, 3.8) is 0 Å². The Kier molecular flexibility index (Phi) is 6.82. The van der Waals surface area contributed by atoms with Crippen molar-refractivity contribution in [3.05, 3.63) is 53.7 Å². The Hall–Kier alpha value is -2.77. The van der Waals surface area contributed by atoms with Crippen LogP contribution >= 0.6 is 0 Å². The van der Waals surface area contributed by atoms with Crippen LogP contribution in [0.1, 0.15) is 17.5 Å². The van der Waals surface area contributed by atoms with Crippen molar-refractivity contribution in [2.75, 3.05) is 25.5 Å². The molecule has 1 amide bonds. The van der Waals surface area contributed by atoms with Crippen molar-refractivity contribution < 1.29 is 22.7 Å². The highest BCUT2D eigenvalue weighted by molar-refractivity contribution is 5.78. The zero-order valence-electron chi connectivity index (χ0n) is 14.3. The molecule has 8 heteroatoms. The van der Waals surface area contributed by atoms with Crippen LogP contribution in [-0.4, -0.2) is 31.1 Å². The summed E-state index contributed by atoms with van der Waals surface area (Å²) in [6.07, 6.45) is -2.73. The summed E-state index contributed by atoms with van der Waals surface area (Å²) in [5.74, 6) is 0.954. The Morgan fingerprint density at radius 3 is 2.65 bits per heavy atom. The van der Waals surface area contributed by atoms with Crippen LogP contribution in [-0.2, 0) is 17.4 Å². The fourth-order valence-electron chi connectivity index (χ4n) is 2.23. The smallest absolute Gasteiger partial charge is 0.417 e. The topological polar surface area (TPSA) is 63.2 Å². The van der Waals surface area contributed by atoms with E-state index in [9.17, 15) is 18.0 Å². The fourth-order valence-corrected chi connectivity index (χ4v) is 2.23. The lowest BCUT2D eigenvalue weighted by molar-refractivity contribution is -0.137. The number of ether oxygens (including phenoxy) is 1. The molecule has 5 nitrogen and oxygen atoms in total. The molecule has 2 N–H and O–H groups in total. The maximum atomic E-state index is 12.4. The molecular weight excluding hydrogens is 347 g/mol. The fraction of sp³-hybridized carbons (Fsp3) is 0.333. The highest BCUT2D eigenvalue weighted by Crippen LogP contribution is 2.28. The van der Waals surface area contributed by atoms with E-state index in [4.69, 9.17) is 4.74 Å². The molecule has 1 heterocycles. The Labute approximate surface area is 149 Å². The van der Waals surface area contributed by atoms with Crippen molar-refractivity contribution in [1.82, 2.24) is 10.3 Å². The molecule has 2 aromatic rings. The number of amides is 1. The SMILES string of the molecule is COc1cccc(CC(=O)NCCCNc2ccc(C(F)(F)F)cn2)c1. The Bertz CT molecular complexity index is 718. The highest BCUT2D eigenvalue weighted by atomic mass is 19.4. The van der Waals surface area contributed by atoms with Crippen molar-refractivity contribution >= 4 is 11.7 Å². The van der Waals surface area contributed by atoms with E-state index in [0.29, 0.717) is 31.1 Å². The normalized spacial score (nSPS) is 11.1. The molecule has 26 heavy (non-hydrogen) atoms. The first kappa shape index (κ1) is 19.6. The average Bonchev–Trinajstić information content (AvgIpc) is 2.61.